The number of thiophene rings is 1. The average molecular weight is 405 g/mol. The van der Waals surface area contributed by atoms with Gasteiger partial charge < -0.3 is 15.1 Å². The minimum Gasteiger partial charge on any atom is -0.342 e. The summed E-state index contributed by atoms with van der Waals surface area (Å²) in [4.78, 5) is 43.7. The molecule has 3 amide bonds. The maximum atomic E-state index is 12.8. The summed E-state index contributed by atoms with van der Waals surface area (Å²) < 4.78 is 0. The van der Waals surface area contributed by atoms with Crippen LogP contribution in [0, 0.1) is 5.92 Å². The van der Waals surface area contributed by atoms with E-state index >= 15 is 0 Å². The number of carbonyl (C=O) groups excluding carboxylic acids is 3. The van der Waals surface area contributed by atoms with E-state index < -0.39 is 0 Å². The number of amides is 3. The van der Waals surface area contributed by atoms with Gasteiger partial charge in [0.05, 0.1) is 16.4 Å². The molecule has 2 saturated heterocycles. The number of piperidine rings is 1. The summed E-state index contributed by atoms with van der Waals surface area (Å²) in [6, 6.07) is 3.60. The van der Waals surface area contributed by atoms with Crippen molar-refractivity contribution in [3.8, 4) is 0 Å². The van der Waals surface area contributed by atoms with Gasteiger partial charge in [0.2, 0.25) is 11.8 Å². The molecule has 28 heavy (non-hydrogen) atoms. The quantitative estimate of drug-likeness (QED) is 0.813. The Labute approximate surface area is 169 Å². The van der Waals surface area contributed by atoms with Crippen LogP contribution in [0.1, 0.15) is 41.8 Å². The van der Waals surface area contributed by atoms with Crippen LogP contribution in [0.25, 0.3) is 0 Å². The van der Waals surface area contributed by atoms with E-state index in [2.05, 4.69) is 10.2 Å². The summed E-state index contributed by atoms with van der Waals surface area (Å²) in [6.07, 6.45) is 5.37. The summed E-state index contributed by atoms with van der Waals surface area (Å²) in [6.45, 7) is 4.94. The fourth-order valence-corrected chi connectivity index (χ4v) is 4.67. The lowest BCUT2D eigenvalue weighted by molar-refractivity contribution is -0.133. The van der Waals surface area contributed by atoms with E-state index in [1.54, 1.807) is 6.07 Å². The fourth-order valence-electron chi connectivity index (χ4n) is 3.79. The van der Waals surface area contributed by atoms with Crippen LogP contribution in [0.2, 0.25) is 0 Å². The highest BCUT2D eigenvalue weighted by molar-refractivity contribution is 7.18. The Morgan fingerprint density at radius 3 is 2.32 bits per heavy atom. The number of hydrogen-bond donors (Lipinski definition) is 1. The van der Waals surface area contributed by atoms with Crippen molar-refractivity contribution in [1.82, 2.24) is 14.7 Å². The molecule has 3 heterocycles. The molecule has 1 aromatic rings. The van der Waals surface area contributed by atoms with Gasteiger partial charge in [0.15, 0.2) is 0 Å². The minimum absolute atomic E-state index is 0.0129. The molecule has 1 aliphatic carbocycles. The SMILES string of the molecule is O=C(Nc1ccc(C(=O)N2CCN(CC(=O)N3CCCCC3)CC2)s1)C1CC1. The van der Waals surface area contributed by atoms with Crippen LogP contribution in [0.5, 0.6) is 0 Å². The zero-order valence-corrected chi connectivity index (χ0v) is 17.0. The van der Waals surface area contributed by atoms with Crippen molar-refractivity contribution in [3.63, 3.8) is 0 Å². The van der Waals surface area contributed by atoms with Crippen molar-refractivity contribution in [2.24, 2.45) is 5.92 Å². The first kappa shape index (κ1) is 19.4. The van der Waals surface area contributed by atoms with E-state index in [1.165, 1.54) is 17.8 Å². The summed E-state index contributed by atoms with van der Waals surface area (Å²) in [5, 5.41) is 3.64. The predicted octanol–water partition coefficient (Wildman–Crippen LogP) is 1.87. The summed E-state index contributed by atoms with van der Waals surface area (Å²) in [7, 11) is 0. The molecule has 3 aliphatic rings. The van der Waals surface area contributed by atoms with Crippen molar-refractivity contribution in [3.05, 3.63) is 17.0 Å². The largest absolute Gasteiger partial charge is 0.342 e. The van der Waals surface area contributed by atoms with Crippen LogP contribution in [0.3, 0.4) is 0 Å². The first-order valence-electron chi connectivity index (χ1n) is 10.3. The summed E-state index contributed by atoms with van der Waals surface area (Å²) in [5.41, 5.74) is 0. The van der Waals surface area contributed by atoms with Gasteiger partial charge in [-0.05, 0) is 44.2 Å². The third-order valence-corrected chi connectivity index (χ3v) is 6.73. The van der Waals surface area contributed by atoms with Crippen LogP contribution in [-0.4, -0.2) is 78.2 Å². The lowest BCUT2D eigenvalue weighted by Gasteiger charge is -2.35. The lowest BCUT2D eigenvalue weighted by Crippen LogP contribution is -2.51. The second kappa shape index (κ2) is 8.61. The first-order chi connectivity index (χ1) is 13.6. The number of piperazine rings is 1. The Bertz CT molecular complexity index is 732. The predicted molar refractivity (Wildman–Crippen MR) is 108 cm³/mol. The van der Waals surface area contributed by atoms with Crippen molar-refractivity contribution < 1.29 is 14.4 Å². The normalized spacial score (nSPS) is 20.9. The topological polar surface area (TPSA) is 73.0 Å². The maximum absolute atomic E-state index is 12.8. The van der Waals surface area contributed by atoms with Gasteiger partial charge in [-0.25, -0.2) is 0 Å². The van der Waals surface area contributed by atoms with Gasteiger partial charge in [-0.1, -0.05) is 0 Å². The molecule has 1 aromatic heterocycles. The van der Waals surface area contributed by atoms with Gasteiger partial charge in [0.1, 0.15) is 0 Å². The van der Waals surface area contributed by atoms with Crippen LogP contribution in [0.4, 0.5) is 5.00 Å². The number of likely N-dealkylation sites (tertiary alicyclic amines) is 1. The number of anilines is 1. The highest BCUT2D eigenvalue weighted by Gasteiger charge is 2.30. The monoisotopic (exact) mass is 404 g/mol. The second-order valence-corrected chi connectivity index (χ2v) is 9.02. The molecule has 152 valence electrons. The van der Waals surface area contributed by atoms with Gasteiger partial charge in [-0.15, -0.1) is 11.3 Å². The first-order valence-corrected chi connectivity index (χ1v) is 11.1. The number of rotatable bonds is 5. The van der Waals surface area contributed by atoms with Crippen LogP contribution in [-0.2, 0) is 9.59 Å². The summed E-state index contributed by atoms with van der Waals surface area (Å²) >= 11 is 1.34. The van der Waals surface area contributed by atoms with Crippen LogP contribution in [0.15, 0.2) is 12.1 Å². The Morgan fingerprint density at radius 1 is 0.929 bits per heavy atom. The molecule has 8 heteroatoms. The molecular weight excluding hydrogens is 376 g/mol. The number of hydrogen-bond acceptors (Lipinski definition) is 5. The Hall–Kier alpha value is -1.93. The minimum atomic E-state index is 0.0129. The van der Waals surface area contributed by atoms with E-state index in [0.29, 0.717) is 24.5 Å². The van der Waals surface area contributed by atoms with E-state index in [-0.39, 0.29) is 23.6 Å². The molecule has 0 unspecified atom stereocenters. The van der Waals surface area contributed by atoms with Gasteiger partial charge in [0, 0.05) is 45.2 Å². The summed E-state index contributed by atoms with van der Waals surface area (Å²) in [5.74, 6) is 0.447. The van der Waals surface area contributed by atoms with Crippen molar-refractivity contribution in [1.29, 1.82) is 0 Å². The zero-order chi connectivity index (χ0) is 19.5. The average Bonchev–Trinajstić information content (AvgIpc) is 3.48. The Kier molecular flexibility index (Phi) is 5.96. The third-order valence-electron chi connectivity index (χ3n) is 5.74. The van der Waals surface area contributed by atoms with Crippen molar-refractivity contribution in [2.45, 2.75) is 32.1 Å². The number of nitrogens with zero attached hydrogens (tertiary/aromatic N) is 3. The van der Waals surface area contributed by atoms with Gasteiger partial charge in [0.25, 0.3) is 5.91 Å². The molecule has 0 aromatic carbocycles. The smallest absolute Gasteiger partial charge is 0.264 e. The highest BCUT2D eigenvalue weighted by Crippen LogP contribution is 2.32. The van der Waals surface area contributed by atoms with Crippen LogP contribution < -0.4 is 5.32 Å². The molecular formula is C20H28N4O3S. The van der Waals surface area contributed by atoms with Crippen molar-refractivity contribution >= 4 is 34.1 Å². The molecule has 0 radical (unpaired) electrons. The Balaban J connectivity index is 1.24. The van der Waals surface area contributed by atoms with E-state index in [0.717, 1.165) is 56.9 Å². The standard InChI is InChI=1S/C20H28N4O3S/c25-18(23-8-2-1-3-9-23)14-22-10-12-24(13-11-22)20(27)16-6-7-17(28-16)21-19(26)15-4-5-15/h6-7,15H,1-5,8-14H2,(H,21,26). The Morgan fingerprint density at radius 2 is 1.64 bits per heavy atom. The molecule has 1 saturated carbocycles. The van der Waals surface area contributed by atoms with Crippen molar-refractivity contribution in [2.75, 3.05) is 51.1 Å². The molecule has 0 spiro atoms. The van der Waals surface area contributed by atoms with E-state index in [4.69, 9.17) is 0 Å². The van der Waals surface area contributed by atoms with Gasteiger partial charge in [-0.3, -0.25) is 19.3 Å². The molecule has 1 N–H and O–H groups in total. The van der Waals surface area contributed by atoms with Crippen LogP contribution >= 0.6 is 11.3 Å². The molecule has 3 fully saturated rings. The lowest BCUT2D eigenvalue weighted by atomic mass is 10.1. The maximum Gasteiger partial charge on any atom is 0.264 e. The van der Waals surface area contributed by atoms with Gasteiger partial charge in [-0.2, -0.15) is 0 Å². The molecule has 0 bridgehead atoms. The second-order valence-electron chi connectivity index (χ2n) is 7.94. The molecule has 0 atom stereocenters. The molecule has 4 rings (SSSR count). The van der Waals surface area contributed by atoms with E-state index in [1.807, 2.05) is 15.9 Å². The highest BCUT2D eigenvalue weighted by atomic mass is 32.1. The fraction of sp³-hybridized carbons (Fsp3) is 0.650. The molecule has 7 nitrogen and oxygen atoms in total. The number of carbonyl (C=O) groups is 3. The zero-order valence-electron chi connectivity index (χ0n) is 16.2. The number of nitrogens with one attached hydrogen (secondary N) is 1. The third kappa shape index (κ3) is 4.72. The molecule has 2 aliphatic heterocycles. The van der Waals surface area contributed by atoms with E-state index in [9.17, 15) is 14.4 Å². The van der Waals surface area contributed by atoms with Gasteiger partial charge >= 0.3 is 0 Å².